The predicted octanol–water partition coefficient (Wildman–Crippen LogP) is 1.67. The van der Waals surface area contributed by atoms with Gasteiger partial charge in [0.1, 0.15) is 0 Å². The van der Waals surface area contributed by atoms with Crippen molar-refractivity contribution in [3.8, 4) is 0 Å². The molecule has 1 aromatic heterocycles. The van der Waals surface area contributed by atoms with Crippen molar-refractivity contribution < 1.29 is 5.11 Å². The maximum absolute atomic E-state index is 9.44. The summed E-state index contributed by atoms with van der Waals surface area (Å²) in [6.07, 6.45) is 4.19. The van der Waals surface area contributed by atoms with Gasteiger partial charge < -0.3 is 10.4 Å². The van der Waals surface area contributed by atoms with Crippen LogP contribution in [0.1, 0.15) is 42.6 Å². The van der Waals surface area contributed by atoms with E-state index in [4.69, 9.17) is 0 Å². The number of nitrogens with one attached hydrogen (secondary N) is 2. The second kappa shape index (κ2) is 5.65. The third-order valence-corrected chi connectivity index (χ3v) is 3.83. The summed E-state index contributed by atoms with van der Waals surface area (Å²) in [7, 11) is 0. The van der Waals surface area contributed by atoms with E-state index in [1.807, 2.05) is 6.92 Å². The zero-order chi connectivity index (χ0) is 12.3. The lowest BCUT2D eigenvalue weighted by Gasteiger charge is -2.25. The van der Waals surface area contributed by atoms with Gasteiger partial charge in [-0.25, -0.2) is 0 Å². The molecule has 0 unspecified atom stereocenters. The van der Waals surface area contributed by atoms with Crippen LogP contribution in [0.5, 0.6) is 0 Å². The Morgan fingerprint density at radius 1 is 1.29 bits per heavy atom. The highest BCUT2D eigenvalue weighted by atomic mass is 16.3. The van der Waals surface area contributed by atoms with Crippen LogP contribution >= 0.6 is 0 Å². The van der Waals surface area contributed by atoms with Crippen molar-refractivity contribution in [1.29, 1.82) is 0 Å². The lowest BCUT2D eigenvalue weighted by Crippen LogP contribution is -2.27. The number of aromatic amines is 1. The highest BCUT2D eigenvalue weighted by Crippen LogP contribution is 2.23. The van der Waals surface area contributed by atoms with Crippen LogP contribution in [0.15, 0.2) is 0 Å². The number of aromatic nitrogens is 2. The summed E-state index contributed by atoms with van der Waals surface area (Å²) in [6, 6.07) is 0. The zero-order valence-electron chi connectivity index (χ0n) is 10.8. The molecule has 0 atom stereocenters. The van der Waals surface area contributed by atoms with Gasteiger partial charge in [-0.2, -0.15) is 5.10 Å². The van der Waals surface area contributed by atoms with Crippen LogP contribution in [0.4, 0.5) is 0 Å². The van der Waals surface area contributed by atoms with Crippen molar-refractivity contribution in [2.75, 3.05) is 6.54 Å². The Morgan fingerprint density at radius 2 is 2.00 bits per heavy atom. The lowest BCUT2D eigenvalue weighted by molar-refractivity contribution is 0.108. The van der Waals surface area contributed by atoms with Crippen molar-refractivity contribution in [3.05, 3.63) is 17.0 Å². The molecule has 0 spiro atoms. The van der Waals surface area contributed by atoms with E-state index < -0.39 is 0 Å². The summed E-state index contributed by atoms with van der Waals surface area (Å²) in [5.41, 5.74) is 3.55. The average Bonchev–Trinajstić information content (AvgIpc) is 2.63. The van der Waals surface area contributed by atoms with E-state index in [0.717, 1.165) is 56.1 Å². The standard InChI is InChI=1S/C13H23N3O/c1-9-13(10(2)16-15-9)8-14-7-11-3-5-12(17)6-4-11/h11-12,14,17H,3-8H2,1-2H3,(H,15,16). The van der Waals surface area contributed by atoms with Crippen molar-refractivity contribution in [2.45, 2.75) is 52.2 Å². The molecule has 0 amide bonds. The minimum atomic E-state index is -0.0513. The molecular weight excluding hydrogens is 214 g/mol. The van der Waals surface area contributed by atoms with E-state index in [1.54, 1.807) is 0 Å². The molecule has 1 aliphatic carbocycles. The van der Waals surface area contributed by atoms with Gasteiger partial charge in [-0.15, -0.1) is 0 Å². The Kier molecular flexibility index (Phi) is 4.18. The fourth-order valence-electron chi connectivity index (χ4n) is 2.58. The quantitative estimate of drug-likeness (QED) is 0.746. The Hall–Kier alpha value is -0.870. The van der Waals surface area contributed by atoms with Gasteiger partial charge in [0.15, 0.2) is 0 Å². The highest BCUT2D eigenvalue weighted by molar-refractivity contribution is 5.22. The molecule has 1 saturated carbocycles. The van der Waals surface area contributed by atoms with Crippen LogP contribution < -0.4 is 5.32 Å². The van der Waals surface area contributed by atoms with Crippen LogP contribution in [0.2, 0.25) is 0 Å². The first-order valence-electron chi connectivity index (χ1n) is 6.56. The second-order valence-corrected chi connectivity index (χ2v) is 5.22. The number of rotatable bonds is 4. The van der Waals surface area contributed by atoms with Crippen LogP contribution in [0.25, 0.3) is 0 Å². The highest BCUT2D eigenvalue weighted by Gasteiger charge is 2.18. The average molecular weight is 237 g/mol. The maximum atomic E-state index is 9.44. The molecule has 0 radical (unpaired) electrons. The number of aliphatic hydroxyl groups excluding tert-OH is 1. The Morgan fingerprint density at radius 3 is 2.59 bits per heavy atom. The fraction of sp³-hybridized carbons (Fsp3) is 0.769. The maximum Gasteiger partial charge on any atom is 0.0638 e. The Balaban J connectivity index is 1.73. The Labute approximate surface area is 103 Å². The first-order chi connectivity index (χ1) is 8.16. The minimum Gasteiger partial charge on any atom is -0.393 e. The van der Waals surface area contributed by atoms with Crippen molar-refractivity contribution in [3.63, 3.8) is 0 Å². The first-order valence-corrected chi connectivity index (χ1v) is 6.56. The van der Waals surface area contributed by atoms with Gasteiger partial charge in [0.2, 0.25) is 0 Å². The van der Waals surface area contributed by atoms with Crippen LogP contribution in [0.3, 0.4) is 0 Å². The predicted molar refractivity (Wildman–Crippen MR) is 67.7 cm³/mol. The molecule has 4 nitrogen and oxygen atoms in total. The van der Waals surface area contributed by atoms with Gasteiger partial charge in [-0.1, -0.05) is 0 Å². The number of hydrogen-bond acceptors (Lipinski definition) is 3. The van der Waals surface area contributed by atoms with E-state index in [0.29, 0.717) is 0 Å². The van der Waals surface area contributed by atoms with E-state index >= 15 is 0 Å². The van der Waals surface area contributed by atoms with Gasteiger partial charge in [0.25, 0.3) is 0 Å². The normalized spacial score (nSPS) is 25.1. The molecule has 0 aliphatic heterocycles. The van der Waals surface area contributed by atoms with Gasteiger partial charge in [0.05, 0.1) is 11.8 Å². The largest absolute Gasteiger partial charge is 0.393 e. The molecular formula is C13H23N3O. The lowest BCUT2D eigenvalue weighted by atomic mass is 9.87. The summed E-state index contributed by atoms with van der Waals surface area (Å²) < 4.78 is 0. The molecule has 1 fully saturated rings. The summed E-state index contributed by atoms with van der Waals surface area (Å²) in [5, 5.41) is 20.2. The van der Waals surface area contributed by atoms with E-state index in [2.05, 4.69) is 22.4 Å². The third kappa shape index (κ3) is 3.30. The van der Waals surface area contributed by atoms with E-state index in [9.17, 15) is 5.11 Å². The fourth-order valence-corrected chi connectivity index (χ4v) is 2.58. The third-order valence-electron chi connectivity index (χ3n) is 3.83. The molecule has 0 aromatic carbocycles. The molecule has 1 heterocycles. The number of H-pyrrole nitrogens is 1. The molecule has 3 N–H and O–H groups in total. The number of nitrogens with zero attached hydrogens (tertiary/aromatic N) is 1. The van der Waals surface area contributed by atoms with Gasteiger partial charge in [0, 0.05) is 17.8 Å². The van der Waals surface area contributed by atoms with Crippen molar-refractivity contribution in [1.82, 2.24) is 15.5 Å². The first kappa shape index (κ1) is 12.6. The molecule has 0 saturated heterocycles. The van der Waals surface area contributed by atoms with Crippen molar-refractivity contribution >= 4 is 0 Å². The summed E-state index contributed by atoms with van der Waals surface area (Å²) in [6.45, 7) is 6.05. The van der Waals surface area contributed by atoms with Gasteiger partial charge >= 0.3 is 0 Å². The summed E-state index contributed by atoms with van der Waals surface area (Å²) in [4.78, 5) is 0. The number of hydrogen-bond donors (Lipinski definition) is 3. The van der Waals surface area contributed by atoms with Crippen LogP contribution in [-0.4, -0.2) is 28.0 Å². The molecule has 4 heteroatoms. The Bertz CT molecular complexity index is 334. The van der Waals surface area contributed by atoms with E-state index in [1.165, 1.54) is 5.56 Å². The number of aliphatic hydroxyl groups is 1. The smallest absolute Gasteiger partial charge is 0.0638 e. The SMILES string of the molecule is Cc1n[nH]c(C)c1CNCC1CCC(O)CC1. The molecule has 96 valence electrons. The summed E-state index contributed by atoms with van der Waals surface area (Å²) in [5.74, 6) is 0.728. The molecule has 2 rings (SSSR count). The van der Waals surface area contributed by atoms with Crippen LogP contribution in [0, 0.1) is 19.8 Å². The minimum absolute atomic E-state index is 0.0513. The van der Waals surface area contributed by atoms with Crippen molar-refractivity contribution in [2.24, 2.45) is 5.92 Å². The van der Waals surface area contributed by atoms with Gasteiger partial charge in [-0.3, -0.25) is 5.10 Å². The topological polar surface area (TPSA) is 60.9 Å². The number of aryl methyl sites for hydroxylation is 2. The van der Waals surface area contributed by atoms with Gasteiger partial charge in [-0.05, 0) is 52.0 Å². The second-order valence-electron chi connectivity index (χ2n) is 5.22. The monoisotopic (exact) mass is 237 g/mol. The summed E-state index contributed by atoms with van der Waals surface area (Å²) >= 11 is 0. The zero-order valence-corrected chi connectivity index (χ0v) is 10.8. The molecule has 0 bridgehead atoms. The molecule has 1 aliphatic rings. The molecule has 1 aromatic rings. The molecule has 17 heavy (non-hydrogen) atoms. The van der Waals surface area contributed by atoms with E-state index in [-0.39, 0.29) is 6.10 Å². The van der Waals surface area contributed by atoms with Crippen LogP contribution in [-0.2, 0) is 6.54 Å².